The van der Waals surface area contributed by atoms with E-state index >= 15 is 0 Å². The number of benzene rings is 2. The Morgan fingerprint density at radius 2 is 1.74 bits per heavy atom. The minimum Gasteiger partial charge on any atom is -0.348 e. The van der Waals surface area contributed by atoms with Gasteiger partial charge in [0.1, 0.15) is 6.04 Å². The van der Waals surface area contributed by atoms with Crippen LogP contribution in [0.2, 0.25) is 0 Å². The van der Waals surface area contributed by atoms with Crippen molar-refractivity contribution < 1.29 is 14.4 Å². The molecule has 2 aromatic rings. The highest BCUT2D eigenvalue weighted by Crippen LogP contribution is 2.25. The first kappa shape index (κ1) is 18.6. The SMILES string of the molecule is CN1C(=O)C(NC(=O)C(=O)NCCc2ccccc2)CCc2ccccc21. The zero-order valence-electron chi connectivity index (χ0n) is 15.3. The number of rotatable bonds is 4. The van der Waals surface area contributed by atoms with Gasteiger partial charge in [0.15, 0.2) is 0 Å². The molecule has 1 aliphatic rings. The largest absolute Gasteiger partial charge is 0.348 e. The predicted octanol–water partition coefficient (Wildman–Crippen LogP) is 1.44. The summed E-state index contributed by atoms with van der Waals surface area (Å²) >= 11 is 0. The zero-order chi connectivity index (χ0) is 19.2. The van der Waals surface area contributed by atoms with Gasteiger partial charge >= 0.3 is 11.8 Å². The highest BCUT2D eigenvalue weighted by Gasteiger charge is 2.30. The number of carbonyl (C=O) groups is 3. The monoisotopic (exact) mass is 365 g/mol. The van der Waals surface area contributed by atoms with E-state index in [1.807, 2.05) is 54.6 Å². The quantitative estimate of drug-likeness (QED) is 0.805. The van der Waals surface area contributed by atoms with E-state index in [-0.39, 0.29) is 5.91 Å². The third kappa shape index (κ3) is 4.53. The first-order valence-corrected chi connectivity index (χ1v) is 9.04. The molecule has 27 heavy (non-hydrogen) atoms. The molecule has 0 aromatic heterocycles. The maximum absolute atomic E-state index is 12.6. The molecule has 0 bridgehead atoms. The number of hydrogen-bond donors (Lipinski definition) is 2. The van der Waals surface area contributed by atoms with E-state index in [9.17, 15) is 14.4 Å². The van der Waals surface area contributed by atoms with Crippen LogP contribution in [0.3, 0.4) is 0 Å². The van der Waals surface area contributed by atoms with E-state index in [2.05, 4.69) is 10.6 Å². The molecular weight excluding hydrogens is 342 g/mol. The van der Waals surface area contributed by atoms with Crippen LogP contribution in [0.1, 0.15) is 17.5 Å². The van der Waals surface area contributed by atoms with Crippen LogP contribution < -0.4 is 15.5 Å². The number of aryl methyl sites for hydroxylation is 1. The van der Waals surface area contributed by atoms with E-state index in [4.69, 9.17) is 0 Å². The van der Waals surface area contributed by atoms with Gasteiger partial charge in [0.2, 0.25) is 5.91 Å². The molecule has 0 aliphatic carbocycles. The molecule has 1 unspecified atom stereocenters. The van der Waals surface area contributed by atoms with Gasteiger partial charge in [0.05, 0.1) is 0 Å². The van der Waals surface area contributed by atoms with Crippen molar-refractivity contribution in [3.05, 3.63) is 65.7 Å². The minimum absolute atomic E-state index is 0.217. The topological polar surface area (TPSA) is 78.5 Å². The number of anilines is 1. The van der Waals surface area contributed by atoms with E-state index in [0.717, 1.165) is 16.8 Å². The van der Waals surface area contributed by atoms with Crippen LogP contribution in [0.4, 0.5) is 5.69 Å². The lowest BCUT2D eigenvalue weighted by molar-refractivity contribution is -0.140. The van der Waals surface area contributed by atoms with Crippen molar-refractivity contribution in [2.45, 2.75) is 25.3 Å². The fourth-order valence-electron chi connectivity index (χ4n) is 3.23. The van der Waals surface area contributed by atoms with Crippen molar-refractivity contribution in [3.8, 4) is 0 Å². The molecule has 1 atom stereocenters. The van der Waals surface area contributed by atoms with Crippen molar-refractivity contribution in [1.82, 2.24) is 10.6 Å². The van der Waals surface area contributed by atoms with Gasteiger partial charge in [-0.3, -0.25) is 14.4 Å². The van der Waals surface area contributed by atoms with Crippen LogP contribution in [-0.4, -0.2) is 37.4 Å². The van der Waals surface area contributed by atoms with Crippen molar-refractivity contribution in [2.24, 2.45) is 0 Å². The lowest BCUT2D eigenvalue weighted by Gasteiger charge is -2.21. The Morgan fingerprint density at radius 1 is 1.04 bits per heavy atom. The summed E-state index contributed by atoms with van der Waals surface area (Å²) in [6, 6.07) is 16.6. The second-order valence-corrected chi connectivity index (χ2v) is 6.58. The first-order chi connectivity index (χ1) is 13.1. The van der Waals surface area contributed by atoms with Crippen LogP contribution in [0.25, 0.3) is 0 Å². The average molecular weight is 365 g/mol. The number of carbonyl (C=O) groups excluding carboxylic acids is 3. The molecular formula is C21H23N3O3. The van der Waals surface area contributed by atoms with Crippen molar-refractivity contribution in [2.75, 3.05) is 18.5 Å². The Morgan fingerprint density at radius 3 is 2.52 bits per heavy atom. The number of para-hydroxylation sites is 1. The standard InChI is InChI=1S/C21H23N3O3/c1-24-18-10-6-5-9-16(18)11-12-17(21(24)27)23-20(26)19(25)22-14-13-15-7-3-2-4-8-15/h2-10,17H,11-14H2,1H3,(H,22,25)(H,23,26). The van der Waals surface area contributed by atoms with Gasteiger partial charge in [0, 0.05) is 19.3 Å². The average Bonchev–Trinajstić information content (AvgIpc) is 2.81. The molecule has 0 saturated heterocycles. The number of amides is 3. The summed E-state index contributed by atoms with van der Waals surface area (Å²) in [6.45, 7) is 0.361. The molecule has 140 valence electrons. The van der Waals surface area contributed by atoms with Crippen molar-refractivity contribution in [1.29, 1.82) is 0 Å². The lowest BCUT2D eigenvalue weighted by Crippen LogP contribution is -2.51. The van der Waals surface area contributed by atoms with Gasteiger partial charge in [-0.25, -0.2) is 0 Å². The molecule has 6 heteroatoms. The van der Waals surface area contributed by atoms with Gasteiger partial charge in [-0.1, -0.05) is 48.5 Å². The van der Waals surface area contributed by atoms with Crippen LogP contribution >= 0.6 is 0 Å². The number of fused-ring (bicyclic) bond motifs is 1. The molecule has 6 nitrogen and oxygen atoms in total. The Balaban J connectivity index is 1.54. The van der Waals surface area contributed by atoms with Gasteiger partial charge in [-0.05, 0) is 36.5 Å². The summed E-state index contributed by atoms with van der Waals surface area (Å²) in [5.41, 5.74) is 2.97. The maximum atomic E-state index is 12.6. The first-order valence-electron chi connectivity index (χ1n) is 9.04. The number of likely N-dealkylation sites (N-methyl/N-ethyl adjacent to an activating group) is 1. The normalized spacial score (nSPS) is 16.3. The number of nitrogens with one attached hydrogen (secondary N) is 2. The summed E-state index contributed by atoms with van der Waals surface area (Å²) in [5, 5.41) is 5.18. The molecule has 0 fully saturated rings. The van der Waals surface area contributed by atoms with Crippen LogP contribution in [0.5, 0.6) is 0 Å². The molecule has 1 aliphatic heterocycles. The van der Waals surface area contributed by atoms with Gasteiger partial charge in [-0.15, -0.1) is 0 Å². The molecule has 3 amide bonds. The smallest absolute Gasteiger partial charge is 0.309 e. The lowest BCUT2D eigenvalue weighted by atomic mass is 10.1. The third-order valence-electron chi connectivity index (χ3n) is 4.74. The van der Waals surface area contributed by atoms with E-state index in [1.54, 1.807) is 11.9 Å². The highest BCUT2D eigenvalue weighted by atomic mass is 16.2. The summed E-state index contributed by atoms with van der Waals surface area (Å²) in [6.07, 6.45) is 1.76. The van der Waals surface area contributed by atoms with Crippen LogP contribution in [-0.2, 0) is 27.2 Å². The van der Waals surface area contributed by atoms with Crippen molar-refractivity contribution in [3.63, 3.8) is 0 Å². The fourth-order valence-corrected chi connectivity index (χ4v) is 3.23. The zero-order valence-corrected chi connectivity index (χ0v) is 15.3. The molecule has 1 heterocycles. The minimum atomic E-state index is -0.777. The maximum Gasteiger partial charge on any atom is 0.309 e. The second kappa shape index (κ2) is 8.49. The molecule has 2 aromatic carbocycles. The second-order valence-electron chi connectivity index (χ2n) is 6.58. The molecule has 0 spiro atoms. The fraction of sp³-hybridized carbons (Fsp3) is 0.286. The Bertz CT molecular complexity index is 836. The van der Waals surface area contributed by atoms with Crippen LogP contribution in [0, 0.1) is 0 Å². The van der Waals surface area contributed by atoms with Crippen LogP contribution in [0.15, 0.2) is 54.6 Å². The summed E-state index contributed by atoms with van der Waals surface area (Å²) in [4.78, 5) is 38.4. The summed E-state index contributed by atoms with van der Waals surface area (Å²) < 4.78 is 0. The van der Waals surface area contributed by atoms with E-state index < -0.39 is 17.9 Å². The number of hydrogen-bond acceptors (Lipinski definition) is 3. The Labute approximate surface area is 158 Å². The Kier molecular flexibility index (Phi) is 5.86. The van der Waals surface area contributed by atoms with Gasteiger partial charge < -0.3 is 15.5 Å². The van der Waals surface area contributed by atoms with E-state index in [1.165, 1.54) is 0 Å². The summed E-state index contributed by atoms with van der Waals surface area (Å²) in [7, 11) is 1.69. The summed E-state index contributed by atoms with van der Waals surface area (Å²) in [5.74, 6) is -1.71. The molecule has 3 rings (SSSR count). The van der Waals surface area contributed by atoms with Gasteiger partial charge in [-0.2, -0.15) is 0 Å². The molecule has 0 saturated carbocycles. The number of nitrogens with zero attached hydrogens (tertiary/aromatic N) is 1. The highest BCUT2D eigenvalue weighted by molar-refractivity contribution is 6.35. The third-order valence-corrected chi connectivity index (χ3v) is 4.74. The molecule has 0 radical (unpaired) electrons. The van der Waals surface area contributed by atoms with Crippen molar-refractivity contribution >= 4 is 23.4 Å². The van der Waals surface area contributed by atoms with Gasteiger partial charge in [0.25, 0.3) is 0 Å². The Hall–Kier alpha value is -3.15. The van der Waals surface area contributed by atoms with E-state index in [0.29, 0.717) is 25.8 Å². The molecule has 2 N–H and O–H groups in total. The predicted molar refractivity (Wildman–Crippen MR) is 103 cm³/mol.